The average Bonchev–Trinajstić information content (AvgIpc) is 3.08. The predicted molar refractivity (Wildman–Crippen MR) is 121 cm³/mol. The number of rotatable bonds is 9. The number of nitrogens with zero attached hydrogens (tertiary/aromatic N) is 2. The molecule has 0 fully saturated rings. The molecule has 0 saturated heterocycles. The second-order valence-corrected chi connectivity index (χ2v) is 6.41. The molecule has 0 saturated carbocycles. The number of benzene rings is 1. The summed E-state index contributed by atoms with van der Waals surface area (Å²) >= 11 is 0. The Bertz CT molecular complexity index is 684. The van der Waals surface area contributed by atoms with E-state index in [1.165, 1.54) is 5.56 Å². The van der Waals surface area contributed by atoms with Crippen LogP contribution in [0.5, 0.6) is 0 Å². The number of halogens is 1. The van der Waals surface area contributed by atoms with Crippen LogP contribution in [-0.2, 0) is 11.3 Å². The number of aliphatic imine (C=N–C) groups is 1. The first-order valence-electron chi connectivity index (χ1n) is 9.23. The molecule has 0 aliphatic rings. The molecule has 0 radical (unpaired) electrons. The molecule has 6 nitrogen and oxygen atoms in total. The van der Waals surface area contributed by atoms with Crippen LogP contribution in [-0.4, -0.2) is 36.7 Å². The zero-order valence-corrected chi connectivity index (χ0v) is 18.9. The highest BCUT2D eigenvalue weighted by Gasteiger charge is 2.06. The lowest BCUT2D eigenvalue weighted by atomic mass is 10.1. The maximum absolute atomic E-state index is 5.58. The molecular formula is C20H31IN4O2. The zero-order valence-electron chi connectivity index (χ0n) is 16.6. The second kappa shape index (κ2) is 12.7. The number of guanidine groups is 1. The monoisotopic (exact) mass is 486 g/mol. The van der Waals surface area contributed by atoms with Gasteiger partial charge in [0, 0.05) is 25.3 Å². The van der Waals surface area contributed by atoms with Crippen molar-refractivity contribution in [2.75, 3.05) is 19.7 Å². The summed E-state index contributed by atoms with van der Waals surface area (Å²) in [6, 6.07) is 8.12. The third-order valence-corrected chi connectivity index (χ3v) is 3.66. The predicted octanol–water partition coefficient (Wildman–Crippen LogP) is 4.14. The van der Waals surface area contributed by atoms with Crippen LogP contribution in [0.15, 0.2) is 39.9 Å². The van der Waals surface area contributed by atoms with E-state index in [-0.39, 0.29) is 30.1 Å². The van der Waals surface area contributed by atoms with Crippen molar-refractivity contribution in [3.05, 3.63) is 41.8 Å². The van der Waals surface area contributed by atoms with Crippen molar-refractivity contribution in [3.63, 3.8) is 0 Å². The van der Waals surface area contributed by atoms with Crippen molar-refractivity contribution in [2.45, 2.75) is 46.8 Å². The van der Waals surface area contributed by atoms with E-state index >= 15 is 0 Å². The number of oxazole rings is 1. The first-order valence-corrected chi connectivity index (χ1v) is 9.23. The summed E-state index contributed by atoms with van der Waals surface area (Å²) < 4.78 is 11.1. The van der Waals surface area contributed by atoms with Gasteiger partial charge >= 0.3 is 0 Å². The Kier molecular flexibility index (Phi) is 11.0. The molecule has 1 heterocycles. The summed E-state index contributed by atoms with van der Waals surface area (Å²) in [6.07, 6.45) is 2.87. The minimum absolute atomic E-state index is 0. The van der Waals surface area contributed by atoms with Crippen LogP contribution in [0.25, 0.3) is 11.5 Å². The molecule has 1 aromatic heterocycles. The van der Waals surface area contributed by atoms with Crippen LogP contribution < -0.4 is 10.6 Å². The summed E-state index contributed by atoms with van der Waals surface area (Å²) in [6.45, 7) is 11.0. The summed E-state index contributed by atoms with van der Waals surface area (Å²) in [4.78, 5) is 9.09. The van der Waals surface area contributed by atoms with E-state index in [0.29, 0.717) is 12.4 Å². The lowest BCUT2D eigenvalue weighted by Crippen LogP contribution is -2.38. The van der Waals surface area contributed by atoms with Crippen LogP contribution in [0.1, 0.15) is 38.4 Å². The van der Waals surface area contributed by atoms with Crippen molar-refractivity contribution in [1.82, 2.24) is 15.6 Å². The third-order valence-electron chi connectivity index (χ3n) is 3.66. The summed E-state index contributed by atoms with van der Waals surface area (Å²) in [5.74, 6) is 1.40. The Hall–Kier alpha value is -1.61. The molecule has 150 valence electrons. The van der Waals surface area contributed by atoms with Gasteiger partial charge in [-0.25, -0.2) is 9.98 Å². The molecule has 0 unspecified atom stereocenters. The highest BCUT2D eigenvalue weighted by atomic mass is 127. The first-order chi connectivity index (χ1) is 12.6. The van der Waals surface area contributed by atoms with Gasteiger partial charge in [0.15, 0.2) is 5.96 Å². The van der Waals surface area contributed by atoms with Crippen molar-refractivity contribution >= 4 is 29.9 Å². The van der Waals surface area contributed by atoms with E-state index < -0.39 is 0 Å². The fourth-order valence-corrected chi connectivity index (χ4v) is 2.31. The standard InChI is InChI=1S/C20H30N4O2.HI/c1-5-21-20(22-11-6-12-25-15(2)3)23-13-18-14-26-19(24-18)17-9-7-16(4)8-10-17;/h7-10,14-15H,5-6,11-13H2,1-4H3,(H2,21,22,23);1H. The van der Waals surface area contributed by atoms with E-state index in [2.05, 4.69) is 27.5 Å². The quantitative estimate of drug-likeness (QED) is 0.241. The lowest BCUT2D eigenvalue weighted by molar-refractivity contribution is 0.0776. The smallest absolute Gasteiger partial charge is 0.226 e. The van der Waals surface area contributed by atoms with E-state index in [0.717, 1.165) is 43.3 Å². The van der Waals surface area contributed by atoms with Crippen LogP contribution >= 0.6 is 24.0 Å². The topological polar surface area (TPSA) is 71.7 Å². The minimum atomic E-state index is 0. The molecule has 2 aromatic rings. The van der Waals surface area contributed by atoms with Gasteiger partial charge in [-0.1, -0.05) is 17.7 Å². The maximum Gasteiger partial charge on any atom is 0.226 e. The van der Waals surface area contributed by atoms with Crippen LogP contribution in [0.3, 0.4) is 0 Å². The maximum atomic E-state index is 5.58. The summed E-state index contributed by atoms with van der Waals surface area (Å²) in [5, 5.41) is 6.55. The zero-order chi connectivity index (χ0) is 18.8. The Labute approximate surface area is 179 Å². The molecular weight excluding hydrogens is 455 g/mol. The Morgan fingerprint density at radius 1 is 1.22 bits per heavy atom. The normalized spacial score (nSPS) is 11.4. The summed E-state index contributed by atoms with van der Waals surface area (Å²) in [7, 11) is 0. The number of hydrogen-bond acceptors (Lipinski definition) is 4. The van der Waals surface area contributed by atoms with E-state index in [1.54, 1.807) is 6.26 Å². The highest BCUT2D eigenvalue weighted by Crippen LogP contribution is 2.19. The van der Waals surface area contributed by atoms with Crippen LogP contribution in [0.4, 0.5) is 0 Å². The highest BCUT2D eigenvalue weighted by molar-refractivity contribution is 14.0. The molecule has 0 aliphatic carbocycles. The lowest BCUT2D eigenvalue weighted by Gasteiger charge is -2.11. The minimum Gasteiger partial charge on any atom is -0.444 e. The molecule has 2 rings (SSSR count). The van der Waals surface area contributed by atoms with Gasteiger partial charge in [-0.15, -0.1) is 24.0 Å². The van der Waals surface area contributed by atoms with E-state index in [9.17, 15) is 0 Å². The number of hydrogen-bond donors (Lipinski definition) is 2. The molecule has 1 aromatic carbocycles. The molecule has 2 N–H and O–H groups in total. The third kappa shape index (κ3) is 8.75. The van der Waals surface area contributed by atoms with Crippen LogP contribution in [0.2, 0.25) is 0 Å². The number of nitrogens with one attached hydrogen (secondary N) is 2. The molecule has 0 amide bonds. The van der Waals surface area contributed by atoms with Crippen molar-refractivity contribution in [1.29, 1.82) is 0 Å². The number of aromatic nitrogens is 1. The van der Waals surface area contributed by atoms with Gasteiger partial charge in [0.2, 0.25) is 5.89 Å². The summed E-state index contributed by atoms with van der Waals surface area (Å²) in [5.41, 5.74) is 2.99. The van der Waals surface area contributed by atoms with Gasteiger partial charge in [0.1, 0.15) is 12.0 Å². The fourth-order valence-electron chi connectivity index (χ4n) is 2.31. The average molecular weight is 486 g/mol. The molecule has 0 aliphatic heterocycles. The van der Waals surface area contributed by atoms with Gasteiger partial charge in [-0.05, 0) is 46.2 Å². The van der Waals surface area contributed by atoms with Gasteiger partial charge < -0.3 is 19.8 Å². The molecule has 0 bridgehead atoms. The molecule has 27 heavy (non-hydrogen) atoms. The van der Waals surface area contributed by atoms with Gasteiger partial charge in [0.25, 0.3) is 0 Å². The number of ether oxygens (including phenoxy) is 1. The van der Waals surface area contributed by atoms with E-state index in [4.69, 9.17) is 9.15 Å². The Morgan fingerprint density at radius 2 is 1.96 bits per heavy atom. The van der Waals surface area contributed by atoms with Crippen LogP contribution in [0, 0.1) is 6.92 Å². The number of aryl methyl sites for hydroxylation is 1. The van der Waals surface area contributed by atoms with Crippen molar-refractivity contribution in [3.8, 4) is 11.5 Å². The molecule has 0 atom stereocenters. The van der Waals surface area contributed by atoms with E-state index in [1.807, 2.05) is 45.0 Å². The Morgan fingerprint density at radius 3 is 2.63 bits per heavy atom. The molecule has 0 spiro atoms. The van der Waals surface area contributed by atoms with Gasteiger partial charge in [-0.2, -0.15) is 0 Å². The SMILES string of the molecule is CCNC(=NCc1coc(-c2ccc(C)cc2)n1)NCCCOC(C)C.I. The van der Waals surface area contributed by atoms with Crippen molar-refractivity contribution in [2.24, 2.45) is 4.99 Å². The first kappa shape index (κ1) is 23.4. The molecule has 7 heteroatoms. The van der Waals surface area contributed by atoms with Gasteiger partial charge in [0.05, 0.1) is 12.6 Å². The van der Waals surface area contributed by atoms with Gasteiger partial charge in [-0.3, -0.25) is 0 Å². The second-order valence-electron chi connectivity index (χ2n) is 6.41. The largest absolute Gasteiger partial charge is 0.444 e. The fraction of sp³-hybridized carbons (Fsp3) is 0.500. The Balaban J connectivity index is 0.00000364. The van der Waals surface area contributed by atoms with Crippen molar-refractivity contribution < 1.29 is 9.15 Å².